The Bertz CT molecular complexity index is 660. The Balaban J connectivity index is 1.87. The second-order valence-corrected chi connectivity index (χ2v) is 5.01. The molecule has 108 valence electrons. The first-order valence-corrected chi connectivity index (χ1v) is 6.79. The number of methoxy groups -OCH3 is 2. The Labute approximate surface area is 123 Å². The maximum absolute atomic E-state index is 12.7. The number of hydrogen-bond donors (Lipinski definition) is 0. The lowest BCUT2D eigenvalue weighted by atomic mass is 9.98. The summed E-state index contributed by atoms with van der Waals surface area (Å²) in [5, 5.41) is 0. The van der Waals surface area contributed by atoms with Gasteiger partial charge in [-0.05, 0) is 24.0 Å². The summed E-state index contributed by atoms with van der Waals surface area (Å²) in [6.07, 6.45) is 2.93. The van der Waals surface area contributed by atoms with E-state index in [-0.39, 0.29) is 23.3 Å². The van der Waals surface area contributed by atoms with E-state index in [4.69, 9.17) is 9.47 Å². The summed E-state index contributed by atoms with van der Waals surface area (Å²) >= 11 is 0. The average Bonchev–Trinajstić information content (AvgIpc) is 2.97. The number of ketones is 1. The maximum Gasteiger partial charge on any atom is 0.246 e. The number of Topliss-reactive ketones (excluding diaryl/α,β-unsaturated/α-hetero) is 1. The number of fused-ring (bicyclic) bond motifs is 1. The molecule has 0 spiro atoms. The molecule has 5 nitrogen and oxygen atoms in total. The van der Waals surface area contributed by atoms with Crippen LogP contribution in [-0.2, 0) is 12.8 Å². The van der Waals surface area contributed by atoms with Crippen LogP contribution >= 0.6 is 0 Å². The molecule has 1 aliphatic carbocycles. The van der Waals surface area contributed by atoms with Crippen molar-refractivity contribution in [2.45, 2.75) is 12.8 Å². The molecule has 0 saturated carbocycles. The highest BCUT2D eigenvalue weighted by Gasteiger charge is 2.31. The molecule has 0 fully saturated rings. The molecule has 0 radical (unpaired) electrons. The van der Waals surface area contributed by atoms with Crippen molar-refractivity contribution >= 4 is 5.78 Å². The topological polar surface area (TPSA) is 61.3 Å². The molecule has 1 aliphatic rings. The fraction of sp³-hybridized carbons (Fsp3) is 0.312. The van der Waals surface area contributed by atoms with Crippen LogP contribution in [0.3, 0.4) is 0 Å². The molecular weight excluding hydrogens is 268 g/mol. The summed E-state index contributed by atoms with van der Waals surface area (Å²) in [5.41, 5.74) is 2.74. The monoisotopic (exact) mass is 284 g/mol. The summed E-state index contributed by atoms with van der Waals surface area (Å²) < 4.78 is 10.2. The molecule has 1 aromatic heterocycles. The van der Waals surface area contributed by atoms with Gasteiger partial charge in [0.2, 0.25) is 11.8 Å². The second-order valence-electron chi connectivity index (χ2n) is 5.01. The molecule has 2 aromatic rings. The number of nitrogens with zero attached hydrogens (tertiary/aromatic N) is 2. The van der Waals surface area contributed by atoms with Crippen LogP contribution in [0, 0.1) is 5.92 Å². The van der Waals surface area contributed by atoms with Gasteiger partial charge in [0.1, 0.15) is 0 Å². The first-order chi connectivity index (χ1) is 10.2. The van der Waals surface area contributed by atoms with Crippen LogP contribution in [0.4, 0.5) is 0 Å². The number of carbonyl (C=O) groups excluding carboxylic acids is 1. The predicted octanol–water partition coefficient (Wildman–Crippen LogP) is 2.09. The number of rotatable bonds is 4. The molecule has 3 rings (SSSR count). The second kappa shape index (κ2) is 5.52. The van der Waals surface area contributed by atoms with Gasteiger partial charge in [0.15, 0.2) is 11.5 Å². The van der Waals surface area contributed by atoms with E-state index in [9.17, 15) is 4.79 Å². The molecule has 1 aromatic carbocycles. The van der Waals surface area contributed by atoms with Gasteiger partial charge in [0, 0.05) is 5.92 Å². The van der Waals surface area contributed by atoms with Gasteiger partial charge in [-0.15, -0.1) is 0 Å². The molecule has 5 heteroatoms. The highest BCUT2D eigenvalue weighted by atomic mass is 16.5. The minimum absolute atomic E-state index is 0.0294. The molecule has 0 bridgehead atoms. The summed E-state index contributed by atoms with van der Waals surface area (Å²) in [6, 6.07) is 8.14. The van der Waals surface area contributed by atoms with E-state index in [2.05, 4.69) is 22.1 Å². The van der Waals surface area contributed by atoms with Crippen LogP contribution in [0.5, 0.6) is 11.8 Å². The smallest absolute Gasteiger partial charge is 0.246 e. The zero-order valence-electron chi connectivity index (χ0n) is 12.0. The third-order valence-corrected chi connectivity index (χ3v) is 3.78. The number of hydrogen-bond acceptors (Lipinski definition) is 5. The zero-order valence-corrected chi connectivity index (χ0v) is 12.0. The van der Waals surface area contributed by atoms with Crippen LogP contribution in [-0.4, -0.2) is 30.0 Å². The van der Waals surface area contributed by atoms with Crippen molar-refractivity contribution in [1.82, 2.24) is 9.97 Å². The Kier molecular flexibility index (Phi) is 3.56. The zero-order chi connectivity index (χ0) is 14.8. The number of aromatic nitrogens is 2. The minimum Gasteiger partial charge on any atom is -0.480 e. The van der Waals surface area contributed by atoms with E-state index in [1.165, 1.54) is 31.5 Å². The Morgan fingerprint density at radius 3 is 2.38 bits per heavy atom. The van der Waals surface area contributed by atoms with Crippen molar-refractivity contribution in [2.75, 3.05) is 14.2 Å². The fourth-order valence-corrected chi connectivity index (χ4v) is 2.70. The van der Waals surface area contributed by atoms with Crippen LogP contribution in [0.1, 0.15) is 21.6 Å². The van der Waals surface area contributed by atoms with E-state index < -0.39 is 0 Å². The van der Waals surface area contributed by atoms with Crippen molar-refractivity contribution in [2.24, 2.45) is 5.92 Å². The Hall–Kier alpha value is -2.43. The molecule has 0 atom stereocenters. The molecule has 0 saturated heterocycles. The Morgan fingerprint density at radius 2 is 1.81 bits per heavy atom. The lowest BCUT2D eigenvalue weighted by molar-refractivity contribution is 0.0915. The van der Waals surface area contributed by atoms with Crippen molar-refractivity contribution in [3.05, 3.63) is 47.3 Å². The number of benzene rings is 1. The van der Waals surface area contributed by atoms with E-state index in [1.807, 2.05) is 12.1 Å². The van der Waals surface area contributed by atoms with E-state index in [0.29, 0.717) is 5.88 Å². The van der Waals surface area contributed by atoms with Crippen molar-refractivity contribution in [3.8, 4) is 11.8 Å². The van der Waals surface area contributed by atoms with Crippen molar-refractivity contribution in [3.63, 3.8) is 0 Å². The third kappa shape index (κ3) is 2.46. The standard InChI is InChI=1S/C16H16N2O3/c1-20-13-9-17-14(16(18-13)21-2)15(19)12-7-10-5-3-4-6-11(10)8-12/h3-6,9,12H,7-8H2,1-2H3. The lowest BCUT2D eigenvalue weighted by Crippen LogP contribution is -2.18. The molecule has 0 N–H and O–H groups in total. The third-order valence-electron chi connectivity index (χ3n) is 3.78. The molecule has 0 aliphatic heterocycles. The lowest BCUT2D eigenvalue weighted by Gasteiger charge is -2.10. The van der Waals surface area contributed by atoms with Crippen molar-refractivity contribution < 1.29 is 14.3 Å². The van der Waals surface area contributed by atoms with Gasteiger partial charge in [-0.1, -0.05) is 24.3 Å². The summed E-state index contributed by atoms with van der Waals surface area (Å²) in [5.74, 6) is 0.422. The van der Waals surface area contributed by atoms with Gasteiger partial charge in [0.05, 0.1) is 20.4 Å². The van der Waals surface area contributed by atoms with Gasteiger partial charge in [-0.2, -0.15) is 4.98 Å². The molecule has 0 unspecified atom stereocenters. The maximum atomic E-state index is 12.7. The van der Waals surface area contributed by atoms with E-state index in [0.717, 1.165) is 12.8 Å². The fourth-order valence-electron chi connectivity index (χ4n) is 2.70. The molecule has 0 amide bonds. The Morgan fingerprint density at radius 1 is 1.14 bits per heavy atom. The van der Waals surface area contributed by atoms with Crippen LogP contribution in [0.25, 0.3) is 0 Å². The van der Waals surface area contributed by atoms with Gasteiger partial charge in [0.25, 0.3) is 0 Å². The molecule has 21 heavy (non-hydrogen) atoms. The first kappa shape index (κ1) is 13.5. The highest BCUT2D eigenvalue weighted by Crippen LogP contribution is 2.30. The average molecular weight is 284 g/mol. The van der Waals surface area contributed by atoms with Crippen LogP contribution < -0.4 is 9.47 Å². The summed E-state index contributed by atoms with van der Waals surface area (Å²) in [4.78, 5) is 21.0. The summed E-state index contributed by atoms with van der Waals surface area (Å²) in [6.45, 7) is 0. The highest BCUT2D eigenvalue weighted by molar-refractivity contribution is 5.98. The predicted molar refractivity (Wildman–Crippen MR) is 76.8 cm³/mol. The van der Waals surface area contributed by atoms with Gasteiger partial charge in [-0.3, -0.25) is 4.79 Å². The van der Waals surface area contributed by atoms with Crippen LogP contribution in [0.15, 0.2) is 30.5 Å². The van der Waals surface area contributed by atoms with Crippen molar-refractivity contribution in [1.29, 1.82) is 0 Å². The van der Waals surface area contributed by atoms with E-state index in [1.54, 1.807) is 0 Å². The quantitative estimate of drug-likeness (QED) is 0.805. The largest absolute Gasteiger partial charge is 0.480 e. The minimum atomic E-state index is -0.0982. The summed E-state index contributed by atoms with van der Waals surface area (Å²) in [7, 11) is 2.97. The normalized spacial score (nSPS) is 13.8. The molecule has 1 heterocycles. The number of carbonyl (C=O) groups is 1. The van der Waals surface area contributed by atoms with Gasteiger partial charge >= 0.3 is 0 Å². The van der Waals surface area contributed by atoms with E-state index >= 15 is 0 Å². The van der Waals surface area contributed by atoms with Gasteiger partial charge < -0.3 is 9.47 Å². The van der Waals surface area contributed by atoms with Gasteiger partial charge in [-0.25, -0.2) is 4.98 Å². The first-order valence-electron chi connectivity index (χ1n) is 6.79. The van der Waals surface area contributed by atoms with Crippen LogP contribution in [0.2, 0.25) is 0 Å². The molecular formula is C16H16N2O3. The SMILES string of the molecule is COc1cnc(C(=O)C2Cc3ccccc3C2)c(OC)n1. The number of ether oxygens (including phenoxy) is 2.